The van der Waals surface area contributed by atoms with Crippen molar-refractivity contribution in [1.29, 1.82) is 0 Å². The highest BCUT2D eigenvalue weighted by Crippen LogP contribution is 2.21. The topological polar surface area (TPSA) is 92.9 Å². The Hall–Kier alpha value is -1.14. The van der Waals surface area contributed by atoms with Crippen LogP contribution in [0.1, 0.15) is 40.0 Å². The molecule has 1 rings (SSSR count). The number of hydrogen-bond donors (Lipinski definition) is 2. The summed E-state index contributed by atoms with van der Waals surface area (Å²) >= 11 is 0. The normalized spacial score (nSPS) is 18.9. The fourth-order valence-electron chi connectivity index (χ4n) is 2.08. The van der Waals surface area contributed by atoms with Gasteiger partial charge in [0, 0.05) is 25.6 Å². The van der Waals surface area contributed by atoms with Crippen LogP contribution in [0.5, 0.6) is 0 Å². The molecule has 1 saturated heterocycles. The van der Waals surface area contributed by atoms with Crippen molar-refractivity contribution in [1.82, 2.24) is 4.90 Å². The molecule has 0 aliphatic carbocycles. The van der Waals surface area contributed by atoms with Gasteiger partial charge in [-0.15, -0.1) is 0 Å². The number of carbonyl (C=O) groups excluding carboxylic acids is 1. The SMILES string of the molecule is CC(C)(C)C(N)CC(=O)N1CCC(OCC(=O)O)CC1. The third-order valence-corrected chi connectivity index (χ3v) is 3.74. The van der Waals surface area contributed by atoms with E-state index in [9.17, 15) is 9.59 Å². The lowest BCUT2D eigenvalue weighted by Crippen LogP contribution is -2.45. The van der Waals surface area contributed by atoms with Gasteiger partial charge in [0.25, 0.3) is 0 Å². The second-order valence-electron chi connectivity index (χ2n) is 6.46. The van der Waals surface area contributed by atoms with Crippen molar-refractivity contribution in [2.24, 2.45) is 11.1 Å². The molecule has 1 heterocycles. The number of carboxylic acids is 1. The standard InChI is InChI=1S/C14H26N2O4/c1-14(2,3)11(15)8-12(17)16-6-4-10(5-7-16)20-9-13(18)19/h10-11H,4-9,15H2,1-3H3,(H,18,19). The van der Waals surface area contributed by atoms with E-state index in [1.54, 1.807) is 4.90 Å². The summed E-state index contributed by atoms with van der Waals surface area (Å²) in [6, 6.07) is -0.156. The molecule has 0 aromatic carbocycles. The van der Waals surface area contributed by atoms with Crippen molar-refractivity contribution >= 4 is 11.9 Å². The summed E-state index contributed by atoms with van der Waals surface area (Å²) in [4.78, 5) is 24.4. The molecule has 0 bridgehead atoms. The van der Waals surface area contributed by atoms with E-state index in [4.69, 9.17) is 15.6 Å². The molecule has 1 aliphatic rings. The first-order valence-corrected chi connectivity index (χ1v) is 7.07. The minimum Gasteiger partial charge on any atom is -0.480 e. The Labute approximate surface area is 120 Å². The van der Waals surface area contributed by atoms with Gasteiger partial charge in [0.05, 0.1) is 6.10 Å². The van der Waals surface area contributed by atoms with Crippen LogP contribution >= 0.6 is 0 Å². The molecule has 0 radical (unpaired) electrons. The van der Waals surface area contributed by atoms with Crippen LogP contribution in [-0.2, 0) is 14.3 Å². The molecule has 1 aliphatic heterocycles. The highest BCUT2D eigenvalue weighted by Gasteiger charge is 2.28. The van der Waals surface area contributed by atoms with Gasteiger partial charge in [-0.3, -0.25) is 4.79 Å². The first-order chi connectivity index (χ1) is 9.20. The fraction of sp³-hybridized carbons (Fsp3) is 0.857. The van der Waals surface area contributed by atoms with Crippen LogP contribution in [0, 0.1) is 5.41 Å². The summed E-state index contributed by atoms with van der Waals surface area (Å²) in [5.41, 5.74) is 5.94. The average Bonchev–Trinajstić information content (AvgIpc) is 2.35. The van der Waals surface area contributed by atoms with E-state index in [2.05, 4.69) is 0 Å². The number of ether oxygens (including phenoxy) is 1. The van der Waals surface area contributed by atoms with Gasteiger partial charge in [-0.05, 0) is 18.3 Å². The second kappa shape index (κ2) is 7.04. The molecule has 116 valence electrons. The van der Waals surface area contributed by atoms with Crippen molar-refractivity contribution in [3.63, 3.8) is 0 Å². The van der Waals surface area contributed by atoms with Gasteiger partial charge in [0.2, 0.25) is 5.91 Å². The Kier molecular flexibility index (Phi) is 5.95. The zero-order valence-corrected chi connectivity index (χ0v) is 12.6. The van der Waals surface area contributed by atoms with Crippen LogP contribution < -0.4 is 5.73 Å². The largest absolute Gasteiger partial charge is 0.480 e. The van der Waals surface area contributed by atoms with Crippen molar-refractivity contribution in [3.8, 4) is 0 Å². The third-order valence-electron chi connectivity index (χ3n) is 3.74. The van der Waals surface area contributed by atoms with Crippen molar-refractivity contribution in [2.45, 2.75) is 52.2 Å². The number of nitrogens with two attached hydrogens (primary N) is 1. The molecule has 20 heavy (non-hydrogen) atoms. The van der Waals surface area contributed by atoms with Gasteiger partial charge in [0.1, 0.15) is 6.61 Å². The molecule has 0 saturated carbocycles. The summed E-state index contributed by atoms with van der Waals surface area (Å²) < 4.78 is 5.25. The minimum absolute atomic E-state index is 0.0635. The Bertz CT molecular complexity index is 344. The molecule has 6 heteroatoms. The lowest BCUT2D eigenvalue weighted by molar-refractivity contribution is -0.147. The van der Waals surface area contributed by atoms with Crippen LogP contribution in [0.25, 0.3) is 0 Å². The first kappa shape index (κ1) is 16.9. The second-order valence-corrected chi connectivity index (χ2v) is 6.46. The zero-order valence-electron chi connectivity index (χ0n) is 12.6. The molecular weight excluding hydrogens is 260 g/mol. The number of carbonyl (C=O) groups is 2. The van der Waals surface area contributed by atoms with Gasteiger partial charge in [-0.2, -0.15) is 0 Å². The van der Waals surface area contributed by atoms with Crippen molar-refractivity contribution in [2.75, 3.05) is 19.7 Å². The van der Waals surface area contributed by atoms with Crippen LogP contribution in [-0.4, -0.2) is 53.7 Å². The number of rotatable bonds is 5. The summed E-state index contributed by atoms with van der Waals surface area (Å²) in [6.07, 6.45) is 1.66. The van der Waals surface area contributed by atoms with Gasteiger partial charge < -0.3 is 20.5 Å². The smallest absolute Gasteiger partial charge is 0.329 e. The molecule has 1 unspecified atom stereocenters. The zero-order chi connectivity index (χ0) is 15.3. The summed E-state index contributed by atoms with van der Waals surface area (Å²) in [6.45, 7) is 7.03. The maximum Gasteiger partial charge on any atom is 0.329 e. The van der Waals surface area contributed by atoms with Gasteiger partial charge in [-0.1, -0.05) is 20.8 Å². The first-order valence-electron chi connectivity index (χ1n) is 7.07. The van der Waals surface area contributed by atoms with E-state index in [0.29, 0.717) is 32.4 Å². The number of carboxylic acid groups (broad SMARTS) is 1. The molecule has 1 atom stereocenters. The monoisotopic (exact) mass is 286 g/mol. The quantitative estimate of drug-likeness (QED) is 0.781. The van der Waals surface area contributed by atoms with E-state index < -0.39 is 5.97 Å². The van der Waals surface area contributed by atoms with E-state index >= 15 is 0 Å². The summed E-state index contributed by atoms with van der Waals surface area (Å²) in [7, 11) is 0. The third kappa shape index (κ3) is 5.46. The van der Waals surface area contributed by atoms with Crippen LogP contribution in [0.15, 0.2) is 0 Å². The number of hydrogen-bond acceptors (Lipinski definition) is 4. The molecule has 3 N–H and O–H groups in total. The number of nitrogens with zero attached hydrogens (tertiary/aromatic N) is 1. The van der Waals surface area contributed by atoms with Gasteiger partial charge >= 0.3 is 5.97 Å². The lowest BCUT2D eigenvalue weighted by Gasteiger charge is -2.34. The Morgan fingerprint density at radius 2 is 1.90 bits per heavy atom. The summed E-state index contributed by atoms with van der Waals surface area (Å²) in [5.74, 6) is -0.885. The molecule has 1 amide bonds. The van der Waals surface area contributed by atoms with Gasteiger partial charge in [-0.25, -0.2) is 4.79 Å². The summed E-state index contributed by atoms with van der Waals surface area (Å²) in [5, 5.41) is 8.56. The fourth-order valence-corrected chi connectivity index (χ4v) is 2.08. The maximum atomic E-state index is 12.1. The Balaban J connectivity index is 2.34. The van der Waals surface area contributed by atoms with E-state index in [0.717, 1.165) is 0 Å². The highest BCUT2D eigenvalue weighted by molar-refractivity contribution is 5.77. The molecule has 0 spiro atoms. The van der Waals surface area contributed by atoms with E-state index in [1.165, 1.54) is 0 Å². The average molecular weight is 286 g/mol. The number of piperidine rings is 1. The minimum atomic E-state index is -0.959. The van der Waals surface area contributed by atoms with Crippen molar-refractivity contribution < 1.29 is 19.4 Å². The highest BCUT2D eigenvalue weighted by atomic mass is 16.5. The lowest BCUT2D eigenvalue weighted by atomic mass is 9.85. The maximum absolute atomic E-state index is 12.1. The molecular formula is C14H26N2O4. The molecule has 0 aromatic rings. The van der Waals surface area contributed by atoms with Crippen LogP contribution in [0.3, 0.4) is 0 Å². The van der Waals surface area contributed by atoms with Crippen LogP contribution in [0.2, 0.25) is 0 Å². The predicted octanol–water partition coefficient (Wildman–Crippen LogP) is 0.842. The van der Waals surface area contributed by atoms with Crippen molar-refractivity contribution in [3.05, 3.63) is 0 Å². The molecule has 1 fully saturated rings. The Morgan fingerprint density at radius 3 is 2.35 bits per heavy atom. The predicted molar refractivity (Wildman–Crippen MR) is 75.2 cm³/mol. The van der Waals surface area contributed by atoms with Crippen LogP contribution in [0.4, 0.5) is 0 Å². The number of aliphatic carboxylic acids is 1. The van der Waals surface area contributed by atoms with E-state index in [1.807, 2.05) is 20.8 Å². The Morgan fingerprint density at radius 1 is 1.35 bits per heavy atom. The van der Waals surface area contributed by atoms with Gasteiger partial charge in [0.15, 0.2) is 0 Å². The molecule has 6 nitrogen and oxygen atoms in total. The molecule has 0 aromatic heterocycles. The number of likely N-dealkylation sites (tertiary alicyclic amines) is 1. The van der Waals surface area contributed by atoms with E-state index in [-0.39, 0.29) is 30.1 Å². The number of amides is 1.